The summed E-state index contributed by atoms with van der Waals surface area (Å²) in [6.07, 6.45) is 11.4. The zero-order chi connectivity index (χ0) is 26.0. The van der Waals surface area contributed by atoms with Crippen LogP contribution in [0.25, 0.3) is 0 Å². The number of benzene rings is 2. The summed E-state index contributed by atoms with van der Waals surface area (Å²) in [6, 6.07) is 14.5. The first-order valence-corrected chi connectivity index (χ1v) is 14.0. The van der Waals surface area contributed by atoms with Gasteiger partial charge in [-0.2, -0.15) is 0 Å². The lowest BCUT2D eigenvalue weighted by atomic mass is 9.86. The van der Waals surface area contributed by atoms with Crippen molar-refractivity contribution in [2.45, 2.75) is 83.7 Å². The Balaban J connectivity index is 0.00000400. The summed E-state index contributed by atoms with van der Waals surface area (Å²) in [5, 5.41) is 10.8. The Bertz CT molecular complexity index is 1000. The van der Waals surface area contributed by atoms with Gasteiger partial charge >= 0.3 is 0 Å². The highest BCUT2D eigenvalue weighted by Gasteiger charge is 2.29. The van der Waals surface area contributed by atoms with Gasteiger partial charge in [0.05, 0.1) is 4.92 Å². The predicted octanol–water partition coefficient (Wildman–Crippen LogP) is 7.37. The van der Waals surface area contributed by atoms with Gasteiger partial charge in [0, 0.05) is 50.8 Å². The maximum absolute atomic E-state index is 13.3. The molecule has 4 rings (SSSR count). The van der Waals surface area contributed by atoms with Crippen molar-refractivity contribution in [2.75, 3.05) is 19.6 Å². The molecule has 2 fully saturated rings. The zero-order valence-electron chi connectivity index (χ0n) is 22.6. The summed E-state index contributed by atoms with van der Waals surface area (Å²) in [4.78, 5) is 28.4. The van der Waals surface area contributed by atoms with E-state index in [1.54, 1.807) is 12.1 Å². The summed E-state index contributed by atoms with van der Waals surface area (Å²) in [6.45, 7) is 6.00. The Kier molecular flexibility index (Phi) is 11.9. The van der Waals surface area contributed by atoms with E-state index in [9.17, 15) is 14.9 Å². The molecule has 1 saturated heterocycles. The van der Waals surface area contributed by atoms with Gasteiger partial charge in [-0.15, -0.1) is 12.4 Å². The number of non-ortho nitro benzene ring substituents is 1. The Labute approximate surface area is 233 Å². The number of amides is 1. The molecule has 8 heteroatoms. The summed E-state index contributed by atoms with van der Waals surface area (Å²) >= 11 is 0. The highest BCUT2D eigenvalue weighted by atomic mass is 35.5. The van der Waals surface area contributed by atoms with Crippen molar-refractivity contribution >= 4 is 24.0 Å². The van der Waals surface area contributed by atoms with Gasteiger partial charge in [-0.1, -0.05) is 44.7 Å². The molecule has 1 aliphatic carbocycles. The number of nitro benzene ring substituents is 1. The van der Waals surface area contributed by atoms with Gasteiger partial charge in [0.2, 0.25) is 5.91 Å². The number of hydrogen-bond donors (Lipinski definition) is 0. The van der Waals surface area contributed by atoms with E-state index in [1.165, 1.54) is 49.8 Å². The van der Waals surface area contributed by atoms with Crippen LogP contribution in [-0.4, -0.2) is 46.3 Å². The summed E-state index contributed by atoms with van der Waals surface area (Å²) in [7, 11) is 0. The van der Waals surface area contributed by atoms with E-state index in [4.69, 9.17) is 4.74 Å². The third-order valence-corrected chi connectivity index (χ3v) is 7.87. The van der Waals surface area contributed by atoms with Gasteiger partial charge < -0.3 is 9.64 Å². The molecular formula is C30H42ClN3O4. The molecule has 0 unspecified atom stereocenters. The van der Waals surface area contributed by atoms with E-state index in [1.807, 2.05) is 12.1 Å². The number of carbonyl (C=O) groups is 1. The van der Waals surface area contributed by atoms with Crippen LogP contribution in [-0.2, 0) is 11.3 Å². The van der Waals surface area contributed by atoms with Crippen molar-refractivity contribution in [1.82, 2.24) is 9.80 Å². The summed E-state index contributed by atoms with van der Waals surface area (Å²) in [5.74, 6) is 2.27. The predicted molar refractivity (Wildman–Crippen MR) is 153 cm³/mol. The SMILES string of the molecule is CCCCN(C(=O)CC1CCCCC1)C1CCN(Cc2ccc(Oc3ccc([N+](=O)[O-])cc3)cc2)CC1.Cl. The molecule has 0 N–H and O–H groups in total. The number of halogens is 1. The fourth-order valence-corrected chi connectivity index (χ4v) is 5.68. The van der Waals surface area contributed by atoms with Crippen molar-refractivity contribution in [1.29, 1.82) is 0 Å². The normalized spacial score (nSPS) is 17.0. The smallest absolute Gasteiger partial charge is 0.269 e. The van der Waals surface area contributed by atoms with Crippen molar-refractivity contribution < 1.29 is 14.5 Å². The molecule has 1 heterocycles. The lowest BCUT2D eigenvalue weighted by molar-refractivity contribution is -0.384. The fourth-order valence-electron chi connectivity index (χ4n) is 5.68. The van der Waals surface area contributed by atoms with E-state index >= 15 is 0 Å². The third-order valence-electron chi connectivity index (χ3n) is 7.87. The maximum atomic E-state index is 13.3. The Morgan fingerprint density at radius 3 is 2.16 bits per heavy atom. The van der Waals surface area contributed by atoms with Crippen LogP contribution in [0.3, 0.4) is 0 Å². The topological polar surface area (TPSA) is 75.9 Å². The van der Waals surface area contributed by atoms with Crippen LogP contribution in [0, 0.1) is 16.0 Å². The van der Waals surface area contributed by atoms with E-state index in [0.717, 1.165) is 58.3 Å². The fraction of sp³-hybridized carbons (Fsp3) is 0.567. The molecule has 2 aromatic rings. The van der Waals surface area contributed by atoms with Crippen molar-refractivity contribution in [3.05, 3.63) is 64.2 Å². The third kappa shape index (κ3) is 8.70. The van der Waals surface area contributed by atoms with E-state index in [0.29, 0.717) is 29.4 Å². The number of carbonyl (C=O) groups excluding carboxylic acids is 1. The molecule has 2 aromatic carbocycles. The quantitative estimate of drug-likeness (QED) is 0.218. The molecule has 1 saturated carbocycles. The number of nitrogens with zero attached hydrogens (tertiary/aromatic N) is 3. The second-order valence-electron chi connectivity index (χ2n) is 10.7. The van der Waals surface area contributed by atoms with Crippen LogP contribution < -0.4 is 4.74 Å². The van der Waals surface area contributed by atoms with E-state index < -0.39 is 4.92 Å². The lowest BCUT2D eigenvalue weighted by Crippen LogP contribution is -2.48. The molecule has 0 radical (unpaired) electrons. The first-order chi connectivity index (χ1) is 18.0. The molecule has 1 aliphatic heterocycles. The molecule has 7 nitrogen and oxygen atoms in total. The number of unbranched alkanes of at least 4 members (excludes halogenated alkanes) is 1. The molecule has 0 bridgehead atoms. The Morgan fingerprint density at radius 1 is 0.974 bits per heavy atom. The standard InChI is InChI=1S/C30H41N3O4.ClH/c1-2-3-19-32(30(34)22-24-7-5-4-6-8-24)26-17-20-31(21-18-26)23-25-9-13-28(14-10-25)37-29-15-11-27(12-16-29)33(35)36;/h9-16,24,26H,2-8,17-23H2,1H3;1H. The second-order valence-corrected chi connectivity index (χ2v) is 10.7. The molecule has 208 valence electrons. The number of nitro groups is 1. The van der Waals surface area contributed by atoms with Crippen molar-refractivity contribution in [2.24, 2.45) is 5.92 Å². The zero-order valence-corrected chi connectivity index (χ0v) is 23.4. The highest BCUT2D eigenvalue weighted by Crippen LogP contribution is 2.29. The van der Waals surface area contributed by atoms with Gasteiger partial charge in [-0.25, -0.2) is 0 Å². The first-order valence-electron chi connectivity index (χ1n) is 14.0. The Morgan fingerprint density at radius 2 is 1.58 bits per heavy atom. The van der Waals surface area contributed by atoms with Crippen LogP contribution >= 0.6 is 12.4 Å². The van der Waals surface area contributed by atoms with Gasteiger partial charge in [0.25, 0.3) is 5.69 Å². The van der Waals surface area contributed by atoms with Gasteiger partial charge in [0.1, 0.15) is 11.5 Å². The maximum Gasteiger partial charge on any atom is 0.269 e. The monoisotopic (exact) mass is 543 g/mol. The number of hydrogen-bond acceptors (Lipinski definition) is 5. The van der Waals surface area contributed by atoms with Crippen LogP contribution in [0.2, 0.25) is 0 Å². The number of ether oxygens (including phenoxy) is 1. The second kappa shape index (κ2) is 15.1. The molecule has 38 heavy (non-hydrogen) atoms. The largest absolute Gasteiger partial charge is 0.457 e. The molecule has 1 amide bonds. The minimum absolute atomic E-state index is 0. The number of piperidine rings is 1. The number of rotatable bonds is 11. The average Bonchev–Trinajstić information content (AvgIpc) is 2.92. The first kappa shape index (κ1) is 29.9. The van der Waals surface area contributed by atoms with Crippen molar-refractivity contribution in [3.63, 3.8) is 0 Å². The minimum Gasteiger partial charge on any atom is -0.457 e. The lowest BCUT2D eigenvalue weighted by Gasteiger charge is -2.39. The minimum atomic E-state index is -0.417. The average molecular weight is 544 g/mol. The van der Waals surface area contributed by atoms with Gasteiger partial charge in [-0.3, -0.25) is 19.8 Å². The number of likely N-dealkylation sites (tertiary alicyclic amines) is 1. The van der Waals surface area contributed by atoms with E-state index in [-0.39, 0.29) is 18.1 Å². The molecular weight excluding hydrogens is 502 g/mol. The van der Waals surface area contributed by atoms with Gasteiger partial charge in [-0.05, 0) is 67.9 Å². The van der Waals surface area contributed by atoms with Gasteiger partial charge in [0.15, 0.2) is 0 Å². The van der Waals surface area contributed by atoms with E-state index in [2.05, 4.69) is 28.9 Å². The highest BCUT2D eigenvalue weighted by molar-refractivity contribution is 5.85. The molecule has 0 atom stereocenters. The molecule has 0 aromatic heterocycles. The summed E-state index contributed by atoms with van der Waals surface area (Å²) < 4.78 is 5.83. The Hall–Kier alpha value is -2.64. The van der Waals surface area contributed by atoms with Crippen molar-refractivity contribution in [3.8, 4) is 11.5 Å². The van der Waals surface area contributed by atoms with Crippen LogP contribution in [0.5, 0.6) is 11.5 Å². The van der Waals surface area contributed by atoms with Crippen LogP contribution in [0.1, 0.15) is 76.7 Å². The van der Waals surface area contributed by atoms with Crippen LogP contribution in [0.15, 0.2) is 48.5 Å². The molecule has 0 spiro atoms. The molecule has 2 aliphatic rings. The van der Waals surface area contributed by atoms with Crippen LogP contribution in [0.4, 0.5) is 5.69 Å². The summed E-state index contributed by atoms with van der Waals surface area (Å²) in [5.41, 5.74) is 1.28.